The van der Waals surface area contributed by atoms with Gasteiger partial charge in [0.15, 0.2) is 11.3 Å². The molecule has 3 heterocycles. The van der Waals surface area contributed by atoms with Crippen LogP contribution in [0.15, 0.2) is 48.8 Å². The zero-order valence-corrected chi connectivity index (χ0v) is 15.2. The van der Waals surface area contributed by atoms with E-state index in [4.69, 9.17) is 4.74 Å². The van der Waals surface area contributed by atoms with Crippen LogP contribution in [0.25, 0.3) is 16.9 Å². The predicted molar refractivity (Wildman–Crippen MR) is 101 cm³/mol. The first kappa shape index (κ1) is 16.8. The average molecular weight is 362 g/mol. The van der Waals surface area contributed by atoms with Crippen molar-refractivity contribution < 1.29 is 9.53 Å². The number of hydrogen-bond acceptors (Lipinski definition) is 5. The third-order valence-electron chi connectivity index (χ3n) is 4.43. The Morgan fingerprint density at radius 2 is 2.07 bits per heavy atom. The van der Waals surface area contributed by atoms with Crippen molar-refractivity contribution in [2.24, 2.45) is 7.05 Å². The number of methoxy groups -OCH3 is 1. The van der Waals surface area contributed by atoms with E-state index in [0.29, 0.717) is 17.1 Å². The smallest absolute Gasteiger partial charge is 0.276 e. The van der Waals surface area contributed by atoms with Crippen LogP contribution in [0, 0.1) is 6.92 Å². The van der Waals surface area contributed by atoms with Crippen LogP contribution in [-0.2, 0) is 7.05 Å². The number of nitrogens with one attached hydrogen (secondary N) is 1. The molecule has 0 radical (unpaired) electrons. The molecule has 8 nitrogen and oxygen atoms in total. The molecule has 4 aromatic rings. The standard InChI is InChI=1S/C19H18N6O2/c1-12-15(11-21-24(12)2)17-7-8-20-18-10-16(23-25(17)18)19(26)22-13-5-4-6-14(9-13)27-3/h4-11H,1-3H3,(H,22,26). The number of fused-ring (bicyclic) bond motifs is 1. The third kappa shape index (κ3) is 3.01. The highest BCUT2D eigenvalue weighted by molar-refractivity contribution is 6.03. The molecule has 0 fully saturated rings. The summed E-state index contributed by atoms with van der Waals surface area (Å²) in [5, 5.41) is 11.6. The summed E-state index contributed by atoms with van der Waals surface area (Å²) >= 11 is 0. The van der Waals surface area contributed by atoms with E-state index in [9.17, 15) is 4.79 Å². The molecule has 0 bridgehead atoms. The lowest BCUT2D eigenvalue weighted by atomic mass is 10.2. The fourth-order valence-electron chi connectivity index (χ4n) is 2.86. The van der Waals surface area contributed by atoms with Crippen molar-refractivity contribution in [1.82, 2.24) is 24.4 Å². The summed E-state index contributed by atoms with van der Waals surface area (Å²) in [6, 6.07) is 10.7. The second-order valence-electron chi connectivity index (χ2n) is 6.08. The van der Waals surface area contributed by atoms with Gasteiger partial charge in [-0.1, -0.05) is 6.07 Å². The fourth-order valence-corrected chi connectivity index (χ4v) is 2.86. The van der Waals surface area contributed by atoms with Gasteiger partial charge in [-0.05, 0) is 25.1 Å². The molecule has 1 N–H and O–H groups in total. The number of carbonyl (C=O) groups is 1. The van der Waals surface area contributed by atoms with Crippen LogP contribution in [0.5, 0.6) is 5.75 Å². The number of aryl methyl sites for hydroxylation is 1. The van der Waals surface area contributed by atoms with Gasteiger partial charge in [0.25, 0.3) is 5.91 Å². The Bertz CT molecular complexity index is 1140. The van der Waals surface area contributed by atoms with Gasteiger partial charge in [0.1, 0.15) is 5.75 Å². The number of hydrogen-bond donors (Lipinski definition) is 1. The third-order valence-corrected chi connectivity index (χ3v) is 4.43. The van der Waals surface area contributed by atoms with E-state index in [1.54, 1.807) is 46.9 Å². The van der Waals surface area contributed by atoms with Gasteiger partial charge in [-0.2, -0.15) is 10.2 Å². The van der Waals surface area contributed by atoms with Crippen molar-refractivity contribution in [3.05, 3.63) is 60.2 Å². The number of amides is 1. The van der Waals surface area contributed by atoms with Crippen LogP contribution < -0.4 is 10.1 Å². The summed E-state index contributed by atoms with van der Waals surface area (Å²) in [4.78, 5) is 16.9. The van der Waals surface area contributed by atoms with Gasteiger partial charge in [-0.15, -0.1) is 0 Å². The van der Waals surface area contributed by atoms with Gasteiger partial charge in [-0.3, -0.25) is 9.48 Å². The molecule has 0 unspecified atom stereocenters. The lowest BCUT2D eigenvalue weighted by molar-refractivity contribution is 0.102. The van der Waals surface area contributed by atoms with Crippen molar-refractivity contribution in [2.75, 3.05) is 12.4 Å². The number of aromatic nitrogens is 5. The minimum atomic E-state index is -0.317. The monoisotopic (exact) mass is 362 g/mol. The Labute approximate surface area is 155 Å². The van der Waals surface area contributed by atoms with Crippen LogP contribution in [0.1, 0.15) is 16.2 Å². The van der Waals surface area contributed by atoms with Gasteiger partial charge in [0, 0.05) is 42.3 Å². The van der Waals surface area contributed by atoms with Gasteiger partial charge in [0.05, 0.1) is 19.0 Å². The molecule has 0 aliphatic rings. The maximum atomic E-state index is 12.6. The Hall–Kier alpha value is -3.68. The molecule has 1 aromatic carbocycles. The van der Waals surface area contributed by atoms with Gasteiger partial charge < -0.3 is 10.1 Å². The number of ether oxygens (including phenoxy) is 1. The largest absolute Gasteiger partial charge is 0.497 e. The maximum Gasteiger partial charge on any atom is 0.276 e. The summed E-state index contributed by atoms with van der Waals surface area (Å²) in [6.07, 6.45) is 3.48. The van der Waals surface area contributed by atoms with E-state index in [-0.39, 0.29) is 11.6 Å². The second-order valence-corrected chi connectivity index (χ2v) is 6.08. The van der Waals surface area contributed by atoms with E-state index in [1.165, 1.54) is 0 Å². The fraction of sp³-hybridized carbons (Fsp3) is 0.158. The van der Waals surface area contributed by atoms with Crippen molar-refractivity contribution >= 4 is 17.2 Å². The highest BCUT2D eigenvalue weighted by Gasteiger charge is 2.16. The van der Waals surface area contributed by atoms with E-state index >= 15 is 0 Å². The van der Waals surface area contributed by atoms with Gasteiger partial charge in [0.2, 0.25) is 0 Å². The van der Waals surface area contributed by atoms with E-state index in [0.717, 1.165) is 17.0 Å². The molecule has 0 saturated heterocycles. The van der Waals surface area contributed by atoms with Crippen LogP contribution in [-0.4, -0.2) is 37.4 Å². The van der Waals surface area contributed by atoms with Crippen LogP contribution in [0.2, 0.25) is 0 Å². The van der Waals surface area contributed by atoms with Crippen LogP contribution in [0.3, 0.4) is 0 Å². The first-order valence-corrected chi connectivity index (χ1v) is 8.36. The number of carbonyl (C=O) groups excluding carboxylic acids is 1. The SMILES string of the molecule is COc1cccc(NC(=O)c2cc3nccc(-c4cnn(C)c4C)n3n2)c1. The molecule has 0 atom stereocenters. The summed E-state index contributed by atoms with van der Waals surface area (Å²) in [6.45, 7) is 1.98. The molecule has 4 rings (SSSR count). The molecule has 136 valence electrons. The predicted octanol–water partition coefficient (Wildman–Crippen LogP) is 2.70. The molecule has 0 saturated carbocycles. The normalized spacial score (nSPS) is 10.9. The molecule has 27 heavy (non-hydrogen) atoms. The highest BCUT2D eigenvalue weighted by Crippen LogP contribution is 2.23. The number of anilines is 1. The van der Waals surface area contributed by atoms with Crippen LogP contribution >= 0.6 is 0 Å². The molecular weight excluding hydrogens is 344 g/mol. The quantitative estimate of drug-likeness (QED) is 0.603. The molecule has 3 aromatic heterocycles. The van der Waals surface area contributed by atoms with Crippen molar-refractivity contribution in [3.8, 4) is 17.0 Å². The Morgan fingerprint density at radius 1 is 1.22 bits per heavy atom. The number of nitrogens with zero attached hydrogens (tertiary/aromatic N) is 5. The topological polar surface area (TPSA) is 86.3 Å². The summed E-state index contributed by atoms with van der Waals surface area (Å²) in [5.41, 5.74) is 4.26. The Kier molecular flexibility index (Phi) is 4.08. The van der Waals surface area contributed by atoms with Gasteiger partial charge in [-0.25, -0.2) is 9.50 Å². The first-order chi connectivity index (χ1) is 13.1. The second kappa shape index (κ2) is 6.56. The van der Waals surface area contributed by atoms with Crippen molar-refractivity contribution in [2.45, 2.75) is 6.92 Å². The van der Waals surface area contributed by atoms with E-state index < -0.39 is 0 Å². The van der Waals surface area contributed by atoms with Gasteiger partial charge >= 0.3 is 0 Å². The Balaban J connectivity index is 1.70. The van der Waals surface area contributed by atoms with E-state index in [2.05, 4.69) is 20.5 Å². The lowest BCUT2D eigenvalue weighted by Crippen LogP contribution is -2.12. The zero-order chi connectivity index (χ0) is 19.0. The molecule has 0 spiro atoms. The van der Waals surface area contributed by atoms with Crippen molar-refractivity contribution in [3.63, 3.8) is 0 Å². The molecule has 8 heteroatoms. The summed E-state index contributed by atoms with van der Waals surface area (Å²) in [7, 11) is 3.46. The average Bonchev–Trinajstić information content (AvgIpc) is 3.26. The minimum absolute atomic E-state index is 0.277. The zero-order valence-electron chi connectivity index (χ0n) is 15.2. The maximum absolute atomic E-state index is 12.6. The molecule has 1 amide bonds. The van der Waals surface area contributed by atoms with Crippen LogP contribution in [0.4, 0.5) is 5.69 Å². The lowest BCUT2D eigenvalue weighted by Gasteiger charge is -2.05. The molecule has 0 aliphatic carbocycles. The van der Waals surface area contributed by atoms with Crippen molar-refractivity contribution in [1.29, 1.82) is 0 Å². The molecule has 0 aliphatic heterocycles. The Morgan fingerprint density at radius 3 is 2.81 bits per heavy atom. The minimum Gasteiger partial charge on any atom is -0.497 e. The first-order valence-electron chi connectivity index (χ1n) is 8.36. The summed E-state index contributed by atoms with van der Waals surface area (Å²) in [5.74, 6) is 0.349. The molecular formula is C19H18N6O2. The summed E-state index contributed by atoms with van der Waals surface area (Å²) < 4.78 is 8.63. The number of benzene rings is 1. The van der Waals surface area contributed by atoms with E-state index in [1.807, 2.05) is 32.2 Å². The highest BCUT2D eigenvalue weighted by atomic mass is 16.5. The number of rotatable bonds is 4.